The number of aliphatic hydroxyl groups excluding tert-OH is 4. The second kappa shape index (κ2) is 9.39. The lowest BCUT2D eigenvalue weighted by Crippen LogP contribution is -2.59. The molecule has 4 N–H and O–H groups in total. The van der Waals surface area contributed by atoms with Crippen LogP contribution in [0.5, 0.6) is 0 Å². The number of aromatic nitrogens is 3. The molecule has 0 saturated carbocycles. The number of ether oxygens (including phenoxy) is 3. The Morgan fingerprint density at radius 2 is 1.97 bits per heavy atom. The van der Waals surface area contributed by atoms with E-state index in [9.17, 15) is 25.2 Å². The maximum Gasteiger partial charge on any atom is 0.340 e. The SMILES string of the molecule is CCOC(=O)c1ccccc1-n1cc(CO[C@H]2O[C@H](CO)[C@@H](O)[C@H](O)[C@@H]2O)nn1. The second-order valence-corrected chi connectivity index (χ2v) is 6.40. The van der Waals surface area contributed by atoms with Crippen molar-refractivity contribution in [2.45, 2.75) is 44.2 Å². The zero-order valence-electron chi connectivity index (χ0n) is 15.7. The van der Waals surface area contributed by atoms with Crippen LogP contribution in [0.25, 0.3) is 5.69 Å². The third-order valence-corrected chi connectivity index (χ3v) is 4.43. The molecule has 11 nitrogen and oxygen atoms in total. The van der Waals surface area contributed by atoms with E-state index in [1.54, 1.807) is 31.2 Å². The summed E-state index contributed by atoms with van der Waals surface area (Å²) in [4.78, 5) is 12.1. The van der Waals surface area contributed by atoms with Gasteiger partial charge in [0.15, 0.2) is 6.29 Å². The number of nitrogens with zero attached hydrogens (tertiary/aromatic N) is 3. The number of rotatable bonds is 7. The van der Waals surface area contributed by atoms with Crippen molar-refractivity contribution < 1.29 is 39.4 Å². The second-order valence-electron chi connectivity index (χ2n) is 6.40. The van der Waals surface area contributed by atoms with Gasteiger partial charge in [-0.05, 0) is 19.1 Å². The minimum absolute atomic E-state index is 0.135. The molecule has 0 spiro atoms. The summed E-state index contributed by atoms with van der Waals surface area (Å²) in [5, 5.41) is 46.7. The van der Waals surface area contributed by atoms with Gasteiger partial charge in [-0.25, -0.2) is 9.48 Å². The van der Waals surface area contributed by atoms with Gasteiger partial charge in [-0.3, -0.25) is 0 Å². The molecule has 5 atom stereocenters. The zero-order chi connectivity index (χ0) is 21.0. The molecule has 1 saturated heterocycles. The van der Waals surface area contributed by atoms with E-state index in [1.165, 1.54) is 10.9 Å². The smallest absolute Gasteiger partial charge is 0.340 e. The highest BCUT2D eigenvalue weighted by Gasteiger charge is 2.44. The van der Waals surface area contributed by atoms with Crippen molar-refractivity contribution in [3.8, 4) is 5.69 Å². The fourth-order valence-electron chi connectivity index (χ4n) is 2.91. The maximum absolute atomic E-state index is 12.1. The van der Waals surface area contributed by atoms with E-state index in [2.05, 4.69) is 10.3 Å². The molecule has 11 heteroatoms. The van der Waals surface area contributed by atoms with Gasteiger partial charge in [-0.2, -0.15) is 0 Å². The van der Waals surface area contributed by atoms with Crippen LogP contribution < -0.4 is 0 Å². The lowest BCUT2D eigenvalue weighted by atomic mass is 9.99. The first-order valence-electron chi connectivity index (χ1n) is 9.06. The highest BCUT2D eigenvalue weighted by atomic mass is 16.7. The molecule has 0 unspecified atom stereocenters. The first-order chi connectivity index (χ1) is 14.0. The third kappa shape index (κ3) is 4.61. The predicted molar refractivity (Wildman–Crippen MR) is 95.9 cm³/mol. The Bertz CT molecular complexity index is 827. The fraction of sp³-hybridized carbons (Fsp3) is 0.500. The lowest BCUT2D eigenvalue weighted by Gasteiger charge is -2.39. The van der Waals surface area contributed by atoms with Crippen LogP contribution in [0, 0.1) is 0 Å². The van der Waals surface area contributed by atoms with Gasteiger partial charge in [0.25, 0.3) is 0 Å². The van der Waals surface area contributed by atoms with Gasteiger partial charge in [0.05, 0.1) is 37.3 Å². The molecule has 3 rings (SSSR count). The fourth-order valence-corrected chi connectivity index (χ4v) is 2.91. The van der Waals surface area contributed by atoms with Gasteiger partial charge in [0, 0.05) is 0 Å². The average molecular weight is 409 g/mol. The molecule has 0 bridgehead atoms. The number of hydrogen-bond acceptors (Lipinski definition) is 10. The minimum Gasteiger partial charge on any atom is -0.462 e. The molecular formula is C18H23N3O8. The van der Waals surface area contributed by atoms with Gasteiger partial charge in [-0.15, -0.1) is 5.10 Å². The third-order valence-electron chi connectivity index (χ3n) is 4.43. The monoisotopic (exact) mass is 409 g/mol. The van der Waals surface area contributed by atoms with Crippen molar-refractivity contribution in [1.82, 2.24) is 15.0 Å². The van der Waals surface area contributed by atoms with Crippen LogP contribution in [-0.4, -0.2) is 85.3 Å². The average Bonchev–Trinajstić information content (AvgIpc) is 3.20. The van der Waals surface area contributed by atoms with Crippen LogP contribution in [0.4, 0.5) is 0 Å². The summed E-state index contributed by atoms with van der Waals surface area (Å²) in [6.45, 7) is 1.27. The summed E-state index contributed by atoms with van der Waals surface area (Å²) in [6.07, 6.45) is -5.31. The van der Waals surface area contributed by atoms with E-state index in [1.807, 2.05) is 0 Å². The summed E-state index contributed by atoms with van der Waals surface area (Å²) >= 11 is 0. The summed E-state index contributed by atoms with van der Waals surface area (Å²) in [6, 6.07) is 6.74. The quantitative estimate of drug-likeness (QED) is 0.408. The van der Waals surface area contributed by atoms with E-state index >= 15 is 0 Å². The molecule has 2 aromatic rings. The largest absolute Gasteiger partial charge is 0.462 e. The number of para-hydroxylation sites is 1. The molecule has 0 radical (unpaired) electrons. The molecule has 0 aliphatic carbocycles. The van der Waals surface area contributed by atoms with Crippen molar-refractivity contribution in [2.75, 3.05) is 13.2 Å². The maximum atomic E-state index is 12.1. The Morgan fingerprint density at radius 1 is 1.21 bits per heavy atom. The molecule has 0 amide bonds. The van der Waals surface area contributed by atoms with Crippen molar-refractivity contribution in [3.63, 3.8) is 0 Å². The summed E-state index contributed by atoms with van der Waals surface area (Å²) in [7, 11) is 0. The Labute approximate surface area is 166 Å². The lowest BCUT2D eigenvalue weighted by molar-refractivity contribution is -0.304. The van der Waals surface area contributed by atoms with E-state index < -0.39 is 43.3 Å². The first kappa shape index (κ1) is 21.3. The number of esters is 1. The summed E-state index contributed by atoms with van der Waals surface area (Å²) < 4.78 is 17.1. The van der Waals surface area contributed by atoms with Gasteiger partial charge in [-0.1, -0.05) is 17.3 Å². The Kier molecular flexibility index (Phi) is 6.90. The molecule has 1 aliphatic heterocycles. The van der Waals surface area contributed by atoms with Crippen LogP contribution in [-0.2, 0) is 20.8 Å². The van der Waals surface area contributed by atoms with E-state index in [4.69, 9.17) is 14.2 Å². The normalized spacial score (nSPS) is 27.0. The van der Waals surface area contributed by atoms with Gasteiger partial charge < -0.3 is 34.6 Å². The van der Waals surface area contributed by atoms with Crippen molar-refractivity contribution in [3.05, 3.63) is 41.7 Å². The predicted octanol–water partition coefficient (Wildman–Crippen LogP) is -1.24. The molecule has 2 heterocycles. The summed E-state index contributed by atoms with van der Waals surface area (Å²) in [5.74, 6) is -0.488. The number of aliphatic hydroxyl groups is 4. The van der Waals surface area contributed by atoms with Gasteiger partial charge >= 0.3 is 5.97 Å². The molecule has 1 aromatic carbocycles. The Balaban J connectivity index is 1.70. The molecule has 1 aliphatic rings. The van der Waals surface area contributed by atoms with Crippen LogP contribution in [0.15, 0.2) is 30.5 Å². The summed E-state index contributed by atoms with van der Waals surface area (Å²) in [5.41, 5.74) is 1.15. The van der Waals surface area contributed by atoms with Gasteiger partial charge in [0.1, 0.15) is 30.1 Å². The highest BCUT2D eigenvalue weighted by Crippen LogP contribution is 2.23. The van der Waals surface area contributed by atoms with Crippen LogP contribution in [0.1, 0.15) is 23.0 Å². The molecule has 158 valence electrons. The first-order valence-corrected chi connectivity index (χ1v) is 9.06. The zero-order valence-corrected chi connectivity index (χ0v) is 15.7. The number of carbonyl (C=O) groups excluding carboxylic acids is 1. The van der Waals surface area contributed by atoms with Crippen molar-refractivity contribution in [2.24, 2.45) is 0 Å². The van der Waals surface area contributed by atoms with Gasteiger partial charge in [0.2, 0.25) is 0 Å². The molecule has 1 aromatic heterocycles. The van der Waals surface area contributed by atoms with Crippen LogP contribution in [0.2, 0.25) is 0 Å². The van der Waals surface area contributed by atoms with Crippen LogP contribution in [0.3, 0.4) is 0 Å². The number of hydrogen-bond donors (Lipinski definition) is 4. The van der Waals surface area contributed by atoms with E-state index in [0.717, 1.165) is 0 Å². The topological polar surface area (TPSA) is 156 Å². The standard InChI is InChI=1S/C18H23N3O8/c1-2-27-17(26)11-5-3-4-6-12(11)21-7-10(19-20-21)9-28-18-16(25)15(24)14(23)13(8-22)29-18/h3-7,13-16,18,22-25H,2,8-9H2,1H3/t13-,14-,15+,16+,18+/m1/s1. The molecular weight excluding hydrogens is 386 g/mol. The minimum atomic E-state index is -1.53. The van der Waals surface area contributed by atoms with Crippen molar-refractivity contribution >= 4 is 5.97 Å². The number of benzene rings is 1. The van der Waals surface area contributed by atoms with E-state index in [-0.39, 0.29) is 13.2 Å². The van der Waals surface area contributed by atoms with E-state index in [0.29, 0.717) is 16.9 Å². The van der Waals surface area contributed by atoms with Crippen LogP contribution >= 0.6 is 0 Å². The molecule has 29 heavy (non-hydrogen) atoms. The Morgan fingerprint density at radius 3 is 2.69 bits per heavy atom. The number of carbonyl (C=O) groups is 1. The Hall–Kier alpha value is -2.41. The van der Waals surface area contributed by atoms with Crippen molar-refractivity contribution in [1.29, 1.82) is 0 Å². The highest BCUT2D eigenvalue weighted by molar-refractivity contribution is 5.93. The molecule has 1 fully saturated rings.